The molecule has 0 unspecified atom stereocenters. The monoisotopic (exact) mass is 453 g/mol. The van der Waals surface area contributed by atoms with E-state index in [1.165, 1.54) is 0 Å². The fourth-order valence-corrected chi connectivity index (χ4v) is 4.06. The van der Waals surface area contributed by atoms with Crippen LogP contribution < -0.4 is 20.5 Å². The molecule has 0 spiro atoms. The summed E-state index contributed by atoms with van der Waals surface area (Å²) in [4.78, 5) is 17.4. The number of nitrogens with two attached hydrogens (primary N) is 1. The average molecular weight is 454 g/mol. The molecular weight excluding hydrogens is 426 g/mol. The van der Waals surface area contributed by atoms with Crippen molar-refractivity contribution in [1.82, 2.24) is 4.98 Å². The number of ether oxygens (including phenoxy) is 2. The number of amides is 1. The number of benzene rings is 3. The third-order valence-corrected chi connectivity index (χ3v) is 5.74. The van der Waals surface area contributed by atoms with E-state index in [2.05, 4.69) is 10.3 Å². The molecule has 0 radical (unpaired) electrons. The lowest BCUT2D eigenvalue weighted by atomic mass is 9.85. The Hall–Kier alpha value is -4.16. The molecule has 0 bridgehead atoms. The predicted molar refractivity (Wildman–Crippen MR) is 134 cm³/mol. The minimum atomic E-state index is -0.796. The number of nitrogens with one attached hydrogen (secondary N) is 1. The van der Waals surface area contributed by atoms with E-state index in [-0.39, 0.29) is 11.8 Å². The van der Waals surface area contributed by atoms with Gasteiger partial charge in [0.25, 0.3) is 0 Å². The molecule has 0 saturated heterocycles. The van der Waals surface area contributed by atoms with Crippen molar-refractivity contribution in [1.29, 1.82) is 0 Å². The van der Waals surface area contributed by atoms with Crippen LogP contribution in [0.2, 0.25) is 0 Å². The van der Waals surface area contributed by atoms with Gasteiger partial charge in [-0.1, -0.05) is 60.7 Å². The summed E-state index contributed by atoms with van der Waals surface area (Å²) in [7, 11) is 3.18. The molecule has 0 aliphatic carbocycles. The lowest BCUT2D eigenvalue weighted by Gasteiger charge is -2.24. The van der Waals surface area contributed by atoms with E-state index in [0.29, 0.717) is 17.2 Å². The van der Waals surface area contributed by atoms with Crippen LogP contribution in [0.5, 0.6) is 11.5 Å². The van der Waals surface area contributed by atoms with Crippen molar-refractivity contribution >= 4 is 11.6 Å². The molecule has 1 atom stereocenters. The van der Waals surface area contributed by atoms with Crippen molar-refractivity contribution in [3.63, 3.8) is 0 Å². The summed E-state index contributed by atoms with van der Waals surface area (Å²) >= 11 is 0. The molecule has 0 saturated carbocycles. The molecule has 3 aromatic carbocycles. The molecule has 0 aliphatic heterocycles. The van der Waals surface area contributed by atoms with Gasteiger partial charge in [0.05, 0.1) is 26.5 Å². The molecule has 6 nitrogen and oxygen atoms in total. The zero-order valence-electron chi connectivity index (χ0n) is 19.1. The highest BCUT2D eigenvalue weighted by Crippen LogP contribution is 2.37. The minimum Gasteiger partial charge on any atom is -0.496 e. The molecular formula is C28H27N3O3. The topological polar surface area (TPSA) is 86.5 Å². The first-order valence-corrected chi connectivity index (χ1v) is 10.9. The second-order valence-corrected chi connectivity index (χ2v) is 7.81. The van der Waals surface area contributed by atoms with Crippen LogP contribution in [-0.2, 0) is 4.79 Å². The maximum atomic E-state index is 13.3. The summed E-state index contributed by atoms with van der Waals surface area (Å²) in [5.74, 6) is 0.658. The maximum Gasteiger partial charge on any atom is 0.242 e. The number of aromatic nitrogens is 1. The minimum absolute atomic E-state index is 0.283. The van der Waals surface area contributed by atoms with E-state index < -0.39 is 6.04 Å². The standard InChI is InChI=1S/C28H27N3O3/c1-33-24-17-21(13-14-22(24)23-15-16-30-18-25(23)34-2)31-28(32)27(29)26(19-9-5-3-6-10-19)20-11-7-4-8-12-20/h3-18,26-27H,29H2,1-2H3,(H,31,32)/t27-/m0/s1. The fraction of sp³-hybridized carbons (Fsp3) is 0.143. The van der Waals surface area contributed by atoms with Gasteiger partial charge in [0.15, 0.2) is 0 Å². The summed E-state index contributed by atoms with van der Waals surface area (Å²) < 4.78 is 11.0. The zero-order valence-corrected chi connectivity index (χ0v) is 19.1. The van der Waals surface area contributed by atoms with Crippen LogP contribution in [-0.4, -0.2) is 31.2 Å². The number of nitrogens with zero attached hydrogens (tertiary/aromatic N) is 1. The lowest BCUT2D eigenvalue weighted by Crippen LogP contribution is -2.41. The summed E-state index contributed by atoms with van der Waals surface area (Å²) in [6.45, 7) is 0. The van der Waals surface area contributed by atoms with E-state index in [9.17, 15) is 4.79 Å². The van der Waals surface area contributed by atoms with Crippen LogP contribution in [0.15, 0.2) is 97.3 Å². The first kappa shape index (κ1) is 23.0. The predicted octanol–water partition coefficient (Wildman–Crippen LogP) is 4.86. The number of carbonyl (C=O) groups is 1. The van der Waals surface area contributed by atoms with E-state index in [1.807, 2.05) is 78.9 Å². The molecule has 0 aliphatic rings. The number of pyridine rings is 1. The van der Waals surface area contributed by atoms with Crippen LogP contribution in [0.25, 0.3) is 11.1 Å². The van der Waals surface area contributed by atoms with Crippen LogP contribution in [0.1, 0.15) is 17.0 Å². The Morgan fingerprint density at radius 1 is 0.824 bits per heavy atom. The molecule has 0 fully saturated rings. The first-order valence-electron chi connectivity index (χ1n) is 10.9. The Bertz CT molecular complexity index is 1210. The Kier molecular flexibility index (Phi) is 7.20. The molecule has 34 heavy (non-hydrogen) atoms. The Morgan fingerprint density at radius 2 is 1.41 bits per heavy atom. The first-order chi connectivity index (χ1) is 16.6. The fourth-order valence-electron chi connectivity index (χ4n) is 4.06. The van der Waals surface area contributed by atoms with Crippen LogP contribution in [0.4, 0.5) is 5.69 Å². The highest BCUT2D eigenvalue weighted by atomic mass is 16.5. The van der Waals surface area contributed by atoms with Gasteiger partial charge in [0.1, 0.15) is 11.5 Å². The normalized spacial score (nSPS) is 11.6. The third kappa shape index (κ3) is 4.92. The van der Waals surface area contributed by atoms with Gasteiger partial charge in [0, 0.05) is 35.0 Å². The van der Waals surface area contributed by atoms with E-state index in [0.717, 1.165) is 22.3 Å². The second-order valence-electron chi connectivity index (χ2n) is 7.81. The Labute approximate surface area is 199 Å². The quantitative estimate of drug-likeness (QED) is 0.398. The van der Waals surface area contributed by atoms with E-state index in [4.69, 9.17) is 15.2 Å². The van der Waals surface area contributed by atoms with Crippen molar-refractivity contribution < 1.29 is 14.3 Å². The van der Waals surface area contributed by atoms with Gasteiger partial charge >= 0.3 is 0 Å². The van der Waals surface area contributed by atoms with Gasteiger partial charge in [-0.05, 0) is 29.3 Å². The SMILES string of the molecule is COc1cnccc1-c1ccc(NC(=O)[C@@H](N)C(c2ccccc2)c2ccccc2)cc1OC. The highest BCUT2D eigenvalue weighted by molar-refractivity contribution is 5.96. The van der Waals surface area contributed by atoms with Gasteiger partial charge in [-0.25, -0.2) is 0 Å². The summed E-state index contributed by atoms with van der Waals surface area (Å²) in [6.07, 6.45) is 3.34. The van der Waals surface area contributed by atoms with Crippen molar-refractivity contribution in [2.75, 3.05) is 19.5 Å². The maximum absolute atomic E-state index is 13.3. The zero-order chi connectivity index (χ0) is 23.9. The van der Waals surface area contributed by atoms with Gasteiger partial charge in [-0.15, -0.1) is 0 Å². The number of carbonyl (C=O) groups excluding carboxylic acids is 1. The van der Waals surface area contributed by atoms with Crippen molar-refractivity contribution in [2.45, 2.75) is 12.0 Å². The van der Waals surface area contributed by atoms with Gasteiger partial charge in [-0.3, -0.25) is 9.78 Å². The van der Waals surface area contributed by atoms with Crippen molar-refractivity contribution in [3.8, 4) is 22.6 Å². The lowest BCUT2D eigenvalue weighted by molar-refractivity contribution is -0.117. The summed E-state index contributed by atoms with van der Waals surface area (Å²) in [5.41, 5.74) is 10.8. The number of hydrogen-bond acceptors (Lipinski definition) is 5. The number of anilines is 1. The van der Waals surface area contributed by atoms with E-state index in [1.54, 1.807) is 32.7 Å². The molecule has 6 heteroatoms. The largest absolute Gasteiger partial charge is 0.496 e. The Morgan fingerprint density at radius 3 is 2.00 bits per heavy atom. The van der Waals surface area contributed by atoms with Gasteiger partial charge in [0.2, 0.25) is 5.91 Å². The molecule has 172 valence electrons. The van der Waals surface area contributed by atoms with Crippen LogP contribution >= 0.6 is 0 Å². The summed E-state index contributed by atoms with van der Waals surface area (Å²) in [5, 5.41) is 2.96. The molecule has 1 aromatic heterocycles. The number of rotatable bonds is 8. The molecule has 4 rings (SSSR count). The molecule has 1 heterocycles. The van der Waals surface area contributed by atoms with Crippen LogP contribution in [0, 0.1) is 0 Å². The van der Waals surface area contributed by atoms with E-state index >= 15 is 0 Å². The second kappa shape index (κ2) is 10.6. The molecule has 3 N–H and O–H groups in total. The Balaban J connectivity index is 1.61. The average Bonchev–Trinajstić information content (AvgIpc) is 2.90. The van der Waals surface area contributed by atoms with Crippen molar-refractivity contribution in [2.24, 2.45) is 5.73 Å². The highest BCUT2D eigenvalue weighted by Gasteiger charge is 2.28. The smallest absolute Gasteiger partial charge is 0.242 e. The molecule has 4 aromatic rings. The number of hydrogen-bond donors (Lipinski definition) is 2. The summed E-state index contributed by atoms with van der Waals surface area (Å²) in [6, 6.07) is 26.2. The van der Waals surface area contributed by atoms with Crippen molar-refractivity contribution in [3.05, 3.63) is 108 Å². The van der Waals surface area contributed by atoms with Crippen LogP contribution in [0.3, 0.4) is 0 Å². The van der Waals surface area contributed by atoms with Gasteiger partial charge in [-0.2, -0.15) is 0 Å². The number of methoxy groups -OCH3 is 2. The van der Waals surface area contributed by atoms with Gasteiger partial charge < -0.3 is 20.5 Å². The third-order valence-electron chi connectivity index (χ3n) is 5.74. The molecule has 1 amide bonds.